The minimum atomic E-state index is 0.709. The number of benzene rings is 4. The largest absolute Gasteiger partial charge is 0.278 e. The number of nitrogens with zero attached hydrogens (tertiary/aromatic N) is 3. The average molecular weight is 428 g/mol. The van der Waals surface area contributed by atoms with Crippen LogP contribution in [-0.2, 0) is 0 Å². The van der Waals surface area contributed by atoms with Crippen LogP contribution in [0.5, 0.6) is 0 Å². The van der Waals surface area contributed by atoms with Gasteiger partial charge in [-0.2, -0.15) is 0 Å². The molecule has 32 heavy (non-hydrogen) atoms. The van der Waals surface area contributed by atoms with Crippen molar-refractivity contribution < 1.29 is 0 Å². The number of rotatable bonds is 2. The van der Waals surface area contributed by atoms with Crippen LogP contribution in [0.1, 0.15) is 0 Å². The van der Waals surface area contributed by atoms with Gasteiger partial charge in [0.1, 0.15) is 4.83 Å². The lowest BCUT2D eigenvalue weighted by atomic mass is 10.0. The van der Waals surface area contributed by atoms with E-state index in [1.54, 1.807) is 11.3 Å². The molecule has 0 bridgehead atoms. The normalized spacial score (nSPS) is 11.8. The molecular weight excluding hydrogens is 410 g/mol. The summed E-state index contributed by atoms with van der Waals surface area (Å²) in [5.41, 5.74) is 4.32. The third-order valence-electron chi connectivity index (χ3n) is 6.12. The van der Waals surface area contributed by atoms with Crippen molar-refractivity contribution in [2.24, 2.45) is 0 Å². The summed E-state index contributed by atoms with van der Waals surface area (Å²) in [4.78, 5) is 11.1. The number of para-hydroxylation sites is 1. The summed E-state index contributed by atoms with van der Waals surface area (Å²) in [6.45, 7) is 0. The number of hydrogen-bond donors (Lipinski definition) is 0. The molecule has 7 rings (SSSR count). The van der Waals surface area contributed by atoms with Crippen LogP contribution in [0.2, 0.25) is 0 Å². The predicted octanol–water partition coefficient (Wildman–Crippen LogP) is 7.61. The zero-order valence-corrected chi connectivity index (χ0v) is 17.9. The number of fused-ring (bicyclic) bond motifs is 6. The van der Waals surface area contributed by atoms with Crippen LogP contribution >= 0.6 is 11.3 Å². The molecule has 0 atom stereocenters. The lowest BCUT2D eigenvalue weighted by molar-refractivity contribution is 1.02. The molecule has 0 fully saturated rings. The Morgan fingerprint density at radius 1 is 0.594 bits per heavy atom. The Kier molecular flexibility index (Phi) is 3.72. The molecule has 0 N–H and O–H groups in total. The van der Waals surface area contributed by atoms with Crippen molar-refractivity contribution in [3.63, 3.8) is 0 Å². The Hall–Kier alpha value is -4.02. The molecule has 0 saturated carbocycles. The summed E-state index contributed by atoms with van der Waals surface area (Å²) in [5, 5.41) is 8.14. The molecule has 3 heterocycles. The smallest absolute Gasteiger partial charge is 0.236 e. The van der Waals surface area contributed by atoms with Gasteiger partial charge in [-0.05, 0) is 34.4 Å². The van der Waals surface area contributed by atoms with E-state index in [2.05, 4.69) is 101 Å². The molecule has 0 amide bonds. The quantitative estimate of drug-likeness (QED) is 0.284. The zero-order valence-electron chi connectivity index (χ0n) is 17.1. The van der Waals surface area contributed by atoms with E-state index >= 15 is 0 Å². The van der Waals surface area contributed by atoms with Gasteiger partial charge < -0.3 is 0 Å². The first-order valence-corrected chi connectivity index (χ1v) is 11.5. The molecule has 0 spiro atoms. The van der Waals surface area contributed by atoms with Crippen molar-refractivity contribution in [1.29, 1.82) is 0 Å². The molecule has 0 aliphatic rings. The highest BCUT2D eigenvalue weighted by Crippen LogP contribution is 2.37. The highest BCUT2D eigenvalue weighted by Gasteiger charge is 2.18. The van der Waals surface area contributed by atoms with E-state index in [0.29, 0.717) is 5.95 Å². The summed E-state index contributed by atoms with van der Waals surface area (Å²) in [7, 11) is 0. The first-order chi connectivity index (χ1) is 15.9. The van der Waals surface area contributed by atoms with Crippen molar-refractivity contribution in [3.8, 4) is 17.2 Å². The van der Waals surface area contributed by atoms with Gasteiger partial charge >= 0.3 is 0 Å². The lowest BCUT2D eigenvalue weighted by Crippen LogP contribution is -2.02. The molecule has 150 valence electrons. The Balaban J connectivity index is 1.64. The van der Waals surface area contributed by atoms with Crippen LogP contribution in [0.25, 0.3) is 60.0 Å². The zero-order chi connectivity index (χ0) is 21.1. The molecular formula is C28H17N3S. The highest BCUT2D eigenvalue weighted by molar-refractivity contribution is 7.16. The van der Waals surface area contributed by atoms with Gasteiger partial charge in [0.25, 0.3) is 0 Å². The number of thiophene rings is 1. The van der Waals surface area contributed by atoms with Crippen molar-refractivity contribution >= 4 is 54.1 Å². The third kappa shape index (κ3) is 2.47. The number of hydrogen-bond acceptors (Lipinski definition) is 3. The van der Waals surface area contributed by atoms with Crippen LogP contribution in [0.4, 0.5) is 0 Å². The van der Waals surface area contributed by atoms with Gasteiger partial charge in [0.2, 0.25) is 5.95 Å². The lowest BCUT2D eigenvalue weighted by Gasteiger charge is -2.10. The van der Waals surface area contributed by atoms with E-state index in [9.17, 15) is 0 Å². The SMILES string of the molecule is c1ccc(-c2nc(-n3c4ccccc4c4c5ccccc5ccc43)nc3sccc23)cc1. The molecule has 0 radical (unpaired) electrons. The van der Waals surface area contributed by atoms with Gasteiger partial charge in [0.05, 0.1) is 16.7 Å². The first kappa shape index (κ1) is 17.6. The average Bonchev–Trinajstić information content (AvgIpc) is 3.46. The summed E-state index contributed by atoms with van der Waals surface area (Å²) in [6, 6.07) is 34.0. The summed E-state index contributed by atoms with van der Waals surface area (Å²) in [5.74, 6) is 0.709. The van der Waals surface area contributed by atoms with E-state index in [1.807, 2.05) is 6.07 Å². The van der Waals surface area contributed by atoms with Gasteiger partial charge in [0, 0.05) is 21.7 Å². The minimum absolute atomic E-state index is 0.709. The fraction of sp³-hybridized carbons (Fsp3) is 0. The molecule has 7 aromatic rings. The van der Waals surface area contributed by atoms with E-state index in [0.717, 1.165) is 32.5 Å². The van der Waals surface area contributed by atoms with Gasteiger partial charge in [-0.3, -0.25) is 4.57 Å². The molecule has 4 heteroatoms. The van der Waals surface area contributed by atoms with E-state index in [4.69, 9.17) is 9.97 Å². The Labute approximate surface area is 188 Å². The van der Waals surface area contributed by atoms with E-state index < -0.39 is 0 Å². The van der Waals surface area contributed by atoms with Gasteiger partial charge in [-0.1, -0.05) is 78.9 Å². The van der Waals surface area contributed by atoms with Crippen LogP contribution in [0.15, 0.2) is 102 Å². The van der Waals surface area contributed by atoms with Gasteiger partial charge in [0.15, 0.2) is 0 Å². The topological polar surface area (TPSA) is 30.7 Å². The highest BCUT2D eigenvalue weighted by atomic mass is 32.1. The molecule has 3 nitrogen and oxygen atoms in total. The van der Waals surface area contributed by atoms with Crippen molar-refractivity contribution in [3.05, 3.63) is 102 Å². The summed E-state index contributed by atoms with van der Waals surface area (Å²) in [6.07, 6.45) is 0. The van der Waals surface area contributed by atoms with E-state index in [-0.39, 0.29) is 0 Å². The molecule has 0 saturated heterocycles. The summed E-state index contributed by atoms with van der Waals surface area (Å²) >= 11 is 1.66. The summed E-state index contributed by atoms with van der Waals surface area (Å²) < 4.78 is 2.21. The maximum absolute atomic E-state index is 5.12. The van der Waals surface area contributed by atoms with Crippen molar-refractivity contribution in [2.75, 3.05) is 0 Å². The molecule has 0 unspecified atom stereocenters. The first-order valence-electron chi connectivity index (χ1n) is 10.6. The van der Waals surface area contributed by atoms with Gasteiger partial charge in [-0.15, -0.1) is 11.3 Å². The second-order valence-corrected chi connectivity index (χ2v) is 8.81. The maximum Gasteiger partial charge on any atom is 0.236 e. The monoisotopic (exact) mass is 427 g/mol. The van der Waals surface area contributed by atoms with Crippen molar-refractivity contribution in [2.45, 2.75) is 0 Å². The number of aromatic nitrogens is 3. The Morgan fingerprint density at radius 3 is 2.28 bits per heavy atom. The minimum Gasteiger partial charge on any atom is -0.278 e. The Bertz CT molecular complexity index is 1780. The second-order valence-electron chi connectivity index (χ2n) is 7.91. The van der Waals surface area contributed by atoms with Gasteiger partial charge in [-0.25, -0.2) is 9.97 Å². The van der Waals surface area contributed by atoms with Crippen LogP contribution in [-0.4, -0.2) is 14.5 Å². The molecule has 3 aromatic heterocycles. The molecule has 4 aromatic carbocycles. The van der Waals surface area contributed by atoms with Crippen molar-refractivity contribution in [1.82, 2.24) is 14.5 Å². The van der Waals surface area contributed by atoms with Crippen LogP contribution in [0, 0.1) is 0 Å². The van der Waals surface area contributed by atoms with Crippen LogP contribution < -0.4 is 0 Å². The van der Waals surface area contributed by atoms with E-state index in [1.165, 1.54) is 21.5 Å². The molecule has 0 aliphatic carbocycles. The fourth-order valence-corrected chi connectivity index (χ4v) is 5.47. The fourth-order valence-electron chi connectivity index (χ4n) is 4.71. The second kappa shape index (κ2) is 6.74. The van der Waals surface area contributed by atoms with Crippen LogP contribution in [0.3, 0.4) is 0 Å². The predicted molar refractivity (Wildman–Crippen MR) is 135 cm³/mol. The maximum atomic E-state index is 5.12. The standard InChI is InChI=1S/C28H17N3S/c1-2-9-19(10-3-1)26-22-16-17-32-27(22)30-28(29-26)31-23-13-7-6-12-21(23)25-20-11-5-4-8-18(20)14-15-24(25)31/h1-17H. The third-order valence-corrected chi connectivity index (χ3v) is 6.93. The molecule has 0 aliphatic heterocycles. The Morgan fingerprint density at radius 2 is 1.38 bits per heavy atom.